The highest BCUT2D eigenvalue weighted by Gasteiger charge is 2.34. The van der Waals surface area contributed by atoms with E-state index in [9.17, 15) is 21.6 Å². The first-order valence-corrected chi connectivity index (χ1v) is 8.65. The molecule has 0 spiro atoms. The van der Waals surface area contributed by atoms with E-state index in [0.29, 0.717) is 13.1 Å². The molecule has 124 valence electrons. The number of likely N-dealkylation sites (N-methyl/N-ethyl adjacent to an activating group) is 1. The predicted octanol–water partition coefficient (Wildman–Crippen LogP) is 2.22. The van der Waals surface area contributed by atoms with Crippen LogP contribution in [-0.4, -0.2) is 38.9 Å². The van der Waals surface area contributed by atoms with E-state index in [1.807, 2.05) is 0 Å². The second kappa shape index (κ2) is 6.55. The van der Waals surface area contributed by atoms with Crippen molar-refractivity contribution in [3.05, 3.63) is 35.4 Å². The predicted molar refractivity (Wildman–Crippen MR) is 77.7 cm³/mol. The molecule has 1 atom stereocenters. The van der Waals surface area contributed by atoms with E-state index in [-0.39, 0.29) is 11.6 Å². The molecule has 2 rings (SSSR count). The molecule has 22 heavy (non-hydrogen) atoms. The molecule has 0 bridgehead atoms. The van der Waals surface area contributed by atoms with Crippen molar-refractivity contribution in [1.29, 1.82) is 0 Å². The maximum Gasteiger partial charge on any atom is 0.416 e. The van der Waals surface area contributed by atoms with E-state index in [1.54, 1.807) is 7.05 Å². The third kappa shape index (κ3) is 3.99. The lowest BCUT2D eigenvalue weighted by molar-refractivity contribution is -0.137. The maximum atomic E-state index is 12.7. The molecule has 1 fully saturated rings. The minimum Gasteiger partial charge on any atom is -0.318 e. The Hall–Kier alpha value is -1.12. The van der Waals surface area contributed by atoms with Crippen LogP contribution in [0.4, 0.5) is 13.2 Å². The topological polar surface area (TPSA) is 49.4 Å². The summed E-state index contributed by atoms with van der Waals surface area (Å²) in [7, 11) is -1.87. The van der Waals surface area contributed by atoms with Gasteiger partial charge in [-0.25, -0.2) is 8.42 Å². The van der Waals surface area contributed by atoms with Gasteiger partial charge < -0.3 is 5.32 Å². The number of alkyl halides is 3. The van der Waals surface area contributed by atoms with Crippen LogP contribution in [0.1, 0.15) is 24.0 Å². The minimum absolute atomic E-state index is 0.124. The first kappa shape index (κ1) is 17.2. The molecule has 1 aromatic carbocycles. The molecule has 1 unspecified atom stereocenters. The lowest BCUT2D eigenvalue weighted by Gasteiger charge is -2.24. The van der Waals surface area contributed by atoms with Gasteiger partial charge in [0.15, 0.2) is 0 Å². The van der Waals surface area contributed by atoms with Gasteiger partial charge in [0.25, 0.3) is 0 Å². The molecular formula is C14H19F3N2O2S. The zero-order chi connectivity index (χ0) is 16.4. The molecule has 0 amide bonds. The number of benzene rings is 1. The van der Waals surface area contributed by atoms with Gasteiger partial charge in [-0.05, 0) is 31.5 Å². The Morgan fingerprint density at radius 1 is 1.36 bits per heavy atom. The van der Waals surface area contributed by atoms with Gasteiger partial charge in [0.2, 0.25) is 10.0 Å². The van der Waals surface area contributed by atoms with Crippen LogP contribution < -0.4 is 5.32 Å². The smallest absolute Gasteiger partial charge is 0.318 e. The van der Waals surface area contributed by atoms with E-state index in [4.69, 9.17) is 0 Å². The molecule has 8 heteroatoms. The van der Waals surface area contributed by atoms with Crippen LogP contribution in [0.5, 0.6) is 0 Å². The molecule has 0 saturated carbocycles. The Bertz CT molecular complexity index is 617. The number of hydrogen-bond donors (Lipinski definition) is 1. The Morgan fingerprint density at radius 3 is 2.73 bits per heavy atom. The molecule has 0 radical (unpaired) electrons. The number of nitrogens with zero attached hydrogens (tertiary/aromatic N) is 1. The molecule has 4 nitrogen and oxygen atoms in total. The zero-order valence-electron chi connectivity index (χ0n) is 12.2. The van der Waals surface area contributed by atoms with E-state index < -0.39 is 27.5 Å². The van der Waals surface area contributed by atoms with Crippen molar-refractivity contribution in [1.82, 2.24) is 9.62 Å². The summed E-state index contributed by atoms with van der Waals surface area (Å²) in [6, 6.07) is 4.37. The minimum atomic E-state index is -4.47. The van der Waals surface area contributed by atoms with E-state index >= 15 is 0 Å². The monoisotopic (exact) mass is 336 g/mol. The number of hydrogen-bond acceptors (Lipinski definition) is 3. The van der Waals surface area contributed by atoms with Crippen molar-refractivity contribution in [2.24, 2.45) is 0 Å². The lowest BCUT2D eigenvalue weighted by atomic mass is 10.1. The molecule has 1 aliphatic heterocycles. The van der Waals surface area contributed by atoms with Gasteiger partial charge in [-0.2, -0.15) is 17.5 Å². The largest absolute Gasteiger partial charge is 0.416 e. The molecule has 1 N–H and O–H groups in total. The first-order valence-electron chi connectivity index (χ1n) is 7.04. The summed E-state index contributed by atoms with van der Waals surface area (Å²) in [6.45, 7) is 0.968. The van der Waals surface area contributed by atoms with Gasteiger partial charge in [0.05, 0.1) is 11.3 Å². The summed E-state index contributed by atoms with van der Waals surface area (Å²) in [6.07, 6.45) is -2.93. The molecule has 1 aliphatic rings. The van der Waals surface area contributed by atoms with Crippen molar-refractivity contribution in [3.63, 3.8) is 0 Å². The third-order valence-electron chi connectivity index (χ3n) is 3.72. The summed E-state index contributed by atoms with van der Waals surface area (Å²) in [5.41, 5.74) is -0.668. The van der Waals surface area contributed by atoms with Gasteiger partial charge in [-0.1, -0.05) is 18.2 Å². The molecule has 1 heterocycles. The average Bonchev–Trinajstić information content (AvgIpc) is 2.87. The van der Waals surface area contributed by atoms with Crippen molar-refractivity contribution in [3.8, 4) is 0 Å². The van der Waals surface area contributed by atoms with Crippen molar-refractivity contribution in [2.45, 2.75) is 30.8 Å². The third-order valence-corrected chi connectivity index (χ3v) is 5.62. The SMILES string of the molecule is CNCC1CCCN1S(=O)(=O)Cc1cccc(C(F)(F)F)c1. The second-order valence-corrected chi connectivity index (χ2v) is 7.34. The van der Waals surface area contributed by atoms with Crippen LogP contribution in [-0.2, 0) is 22.0 Å². The van der Waals surface area contributed by atoms with Crippen LogP contribution >= 0.6 is 0 Å². The van der Waals surface area contributed by atoms with Gasteiger partial charge in [0.1, 0.15) is 0 Å². The quantitative estimate of drug-likeness (QED) is 0.897. The normalized spacial score (nSPS) is 20.5. The summed E-state index contributed by atoms with van der Waals surface area (Å²) in [5, 5.41) is 2.95. The van der Waals surface area contributed by atoms with Crippen LogP contribution in [0.15, 0.2) is 24.3 Å². The first-order chi connectivity index (χ1) is 10.2. The zero-order valence-corrected chi connectivity index (χ0v) is 13.0. The van der Waals surface area contributed by atoms with Crippen LogP contribution in [0.3, 0.4) is 0 Å². The van der Waals surface area contributed by atoms with E-state index in [2.05, 4.69) is 5.32 Å². The van der Waals surface area contributed by atoms with Crippen LogP contribution in [0.2, 0.25) is 0 Å². The highest BCUT2D eigenvalue weighted by atomic mass is 32.2. The number of halogens is 3. The Labute approximate surface area is 128 Å². The number of rotatable bonds is 5. The Morgan fingerprint density at radius 2 is 2.09 bits per heavy atom. The molecule has 0 aromatic heterocycles. The molecule has 0 aliphatic carbocycles. The molecular weight excluding hydrogens is 317 g/mol. The van der Waals surface area contributed by atoms with Gasteiger partial charge in [-0.15, -0.1) is 0 Å². The summed E-state index contributed by atoms with van der Waals surface area (Å²) >= 11 is 0. The maximum absolute atomic E-state index is 12.7. The standard InChI is InChI=1S/C14H19F3N2O2S/c1-18-9-13-6-3-7-19(13)22(20,21)10-11-4-2-5-12(8-11)14(15,16)17/h2,4-5,8,13,18H,3,6-7,9-10H2,1H3. The fraction of sp³-hybridized carbons (Fsp3) is 0.571. The fourth-order valence-electron chi connectivity index (χ4n) is 2.75. The highest BCUT2D eigenvalue weighted by molar-refractivity contribution is 7.88. The summed E-state index contributed by atoms with van der Waals surface area (Å²) in [5.74, 6) is -0.406. The van der Waals surface area contributed by atoms with Crippen LogP contribution in [0, 0.1) is 0 Å². The Balaban J connectivity index is 2.18. The van der Waals surface area contributed by atoms with E-state index in [1.165, 1.54) is 16.4 Å². The van der Waals surface area contributed by atoms with Gasteiger partial charge in [0, 0.05) is 19.1 Å². The van der Waals surface area contributed by atoms with Crippen molar-refractivity contribution in [2.75, 3.05) is 20.1 Å². The van der Waals surface area contributed by atoms with Gasteiger partial charge in [-0.3, -0.25) is 0 Å². The Kier molecular flexibility index (Phi) is 5.14. The van der Waals surface area contributed by atoms with Crippen molar-refractivity contribution < 1.29 is 21.6 Å². The van der Waals surface area contributed by atoms with Crippen LogP contribution in [0.25, 0.3) is 0 Å². The summed E-state index contributed by atoms with van der Waals surface area (Å²) in [4.78, 5) is 0. The highest BCUT2D eigenvalue weighted by Crippen LogP contribution is 2.30. The number of nitrogens with one attached hydrogen (secondary N) is 1. The lowest BCUT2D eigenvalue weighted by Crippen LogP contribution is -2.41. The summed E-state index contributed by atoms with van der Waals surface area (Å²) < 4.78 is 64.4. The molecule has 1 saturated heterocycles. The van der Waals surface area contributed by atoms with E-state index in [0.717, 1.165) is 25.0 Å². The number of sulfonamides is 1. The van der Waals surface area contributed by atoms with Crippen molar-refractivity contribution >= 4 is 10.0 Å². The van der Waals surface area contributed by atoms with Gasteiger partial charge >= 0.3 is 6.18 Å². The average molecular weight is 336 g/mol. The fourth-order valence-corrected chi connectivity index (χ4v) is 4.55. The second-order valence-electron chi connectivity index (χ2n) is 5.42. The molecule has 1 aromatic rings.